The second-order valence-electron chi connectivity index (χ2n) is 8.38. The van der Waals surface area contributed by atoms with Crippen molar-refractivity contribution in [2.24, 2.45) is 5.41 Å². The Labute approximate surface area is 172 Å². The summed E-state index contributed by atoms with van der Waals surface area (Å²) in [6.45, 7) is 13.0. The van der Waals surface area contributed by atoms with Gasteiger partial charge >= 0.3 is 5.97 Å². The predicted octanol–water partition coefficient (Wildman–Crippen LogP) is 5.08. The van der Waals surface area contributed by atoms with E-state index in [0.29, 0.717) is 13.1 Å². The lowest BCUT2D eigenvalue weighted by atomic mass is 9.98. The fraction of sp³-hybridized carbons (Fsp3) is 0.435. The molecule has 2 aromatic rings. The lowest BCUT2D eigenvalue weighted by Crippen LogP contribution is -2.48. The number of hydroxylamine groups is 2. The van der Waals surface area contributed by atoms with E-state index < -0.39 is 5.41 Å². The van der Waals surface area contributed by atoms with Crippen molar-refractivity contribution in [3.8, 4) is 0 Å². The van der Waals surface area contributed by atoms with E-state index in [2.05, 4.69) is 61.2 Å². The Kier molecular flexibility index (Phi) is 6.36. The summed E-state index contributed by atoms with van der Waals surface area (Å²) in [5.74, 6) is -0.174. The van der Waals surface area contributed by atoms with E-state index >= 15 is 0 Å². The van der Waals surface area contributed by atoms with Crippen LogP contribution < -0.4 is 4.90 Å². The van der Waals surface area contributed by atoms with Gasteiger partial charge in [0.1, 0.15) is 0 Å². The molecule has 0 aromatic heterocycles. The Morgan fingerprint density at radius 3 is 2.29 bits per heavy atom. The lowest BCUT2D eigenvalue weighted by Gasteiger charge is -2.36. The van der Waals surface area contributed by atoms with Crippen LogP contribution in [0.1, 0.15) is 31.9 Å². The second-order valence-corrected chi connectivity index (χ2v) is 9.47. The van der Waals surface area contributed by atoms with Crippen molar-refractivity contribution in [2.75, 3.05) is 31.1 Å². The number of para-hydroxylation sites is 1. The standard InChI is InChI=1S/C23H30N2O2S/c1-17-10-11-20(18(2)16-17)28-21-9-7-6-8-19(21)24-12-14-25(15-13-24)27-22(26)23(3,4)5/h6-11,16H,12-15H2,1-5H3. The van der Waals surface area contributed by atoms with Crippen LogP contribution in [0.3, 0.4) is 0 Å². The molecule has 150 valence electrons. The van der Waals surface area contributed by atoms with Crippen molar-refractivity contribution < 1.29 is 9.63 Å². The highest BCUT2D eigenvalue weighted by molar-refractivity contribution is 7.99. The van der Waals surface area contributed by atoms with Gasteiger partial charge in [0.2, 0.25) is 0 Å². The van der Waals surface area contributed by atoms with Crippen molar-refractivity contribution >= 4 is 23.4 Å². The van der Waals surface area contributed by atoms with Gasteiger partial charge in [0.25, 0.3) is 0 Å². The molecule has 0 atom stereocenters. The van der Waals surface area contributed by atoms with E-state index in [-0.39, 0.29) is 5.97 Å². The maximum atomic E-state index is 12.1. The molecule has 0 unspecified atom stereocenters. The number of hydrogen-bond acceptors (Lipinski definition) is 5. The number of anilines is 1. The van der Waals surface area contributed by atoms with Crippen LogP contribution in [0, 0.1) is 19.3 Å². The Bertz CT molecular complexity index is 837. The maximum absolute atomic E-state index is 12.1. The van der Waals surface area contributed by atoms with Crippen LogP contribution in [0.2, 0.25) is 0 Å². The van der Waals surface area contributed by atoms with Crippen LogP contribution in [0.25, 0.3) is 0 Å². The first-order valence-corrected chi connectivity index (χ1v) is 10.6. The van der Waals surface area contributed by atoms with E-state index in [1.165, 1.54) is 26.6 Å². The van der Waals surface area contributed by atoms with Crippen LogP contribution in [0.15, 0.2) is 52.3 Å². The third-order valence-corrected chi connectivity index (χ3v) is 6.06. The van der Waals surface area contributed by atoms with Gasteiger partial charge in [0, 0.05) is 22.9 Å². The van der Waals surface area contributed by atoms with Gasteiger partial charge in [-0.3, -0.25) is 0 Å². The first-order chi connectivity index (χ1) is 13.2. The summed E-state index contributed by atoms with van der Waals surface area (Å²) in [5.41, 5.74) is 3.36. The van der Waals surface area contributed by atoms with Gasteiger partial charge in [-0.25, -0.2) is 4.79 Å². The number of piperazine rings is 1. The fourth-order valence-electron chi connectivity index (χ4n) is 3.11. The van der Waals surface area contributed by atoms with Gasteiger partial charge in [-0.15, -0.1) is 5.06 Å². The van der Waals surface area contributed by atoms with E-state index in [1.54, 1.807) is 5.06 Å². The average Bonchev–Trinajstić information content (AvgIpc) is 2.64. The zero-order valence-corrected chi connectivity index (χ0v) is 18.3. The molecule has 0 radical (unpaired) electrons. The molecule has 1 fully saturated rings. The Balaban J connectivity index is 1.68. The Hall–Kier alpha value is -1.98. The molecule has 0 spiro atoms. The van der Waals surface area contributed by atoms with Crippen LogP contribution in [0.4, 0.5) is 5.69 Å². The highest BCUT2D eigenvalue weighted by Crippen LogP contribution is 2.37. The molecule has 1 aliphatic heterocycles. The van der Waals surface area contributed by atoms with E-state index in [4.69, 9.17) is 4.84 Å². The summed E-state index contributed by atoms with van der Waals surface area (Å²) in [7, 11) is 0. The summed E-state index contributed by atoms with van der Waals surface area (Å²) in [6.07, 6.45) is 0. The van der Waals surface area contributed by atoms with Crippen molar-refractivity contribution in [3.05, 3.63) is 53.6 Å². The summed E-state index contributed by atoms with van der Waals surface area (Å²) in [5, 5.41) is 1.80. The van der Waals surface area contributed by atoms with E-state index in [0.717, 1.165) is 13.1 Å². The molecule has 0 aliphatic carbocycles. The van der Waals surface area contributed by atoms with Crippen LogP contribution >= 0.6 is 11.8 Å². The minimum atomic E-state index is -0.480. The number of rotatable bonds is 4. The molecule has 1 saturated heterocycles. The van der Waals surface area contributed by atoms with Crippen molar-refractivity contribution in [2.45, 2.75) is 44.4 Å². The average molecular weight is 399 g/mol. The maximum Gasteiger partial charge on any atom is 0.330 e. The molecule has 5 heteroatoms. The molecule has 28 heavy (non-hydrogen) atoms. The number of carbonyl (C=O) groups excluding carboxylic acids is 1. The molecule has 1 heterocycles. The smallest absolute Gasteiger partial charge is 0.330 e. The topological polar surface area (TPSA) is 32.8 Å². The van der Waals surface area contributed by atoms with Gasteiger partial charge in [-0.1, -0.05) is 41.6 Å². The zero-order valence-electron chi connectivity index (χ0n) is 17.5. The molecular weight excluding hydrogens is 368 g/mol. The van der Waals surface area contributed by atoms with Crippen molar-refractivity contribution in [1.82, 2.24) is 5.06 Å². The van der Waals surface area contributed by atoms with Crippen LogP contribution in [-0.2, 0) is 9.63 Å². The summed E-state index contributed by atoms with van der Waals surface area (Å²) >= 11 is 1.82. The Morgan fingerprint density at radius 1 is 0.964 bits per heavy atom. The number of benzene rings is 2. The molecular formula is C23H30N2O2S. The number of carbonyl (C=O) groups is 1. The first kappa shape index (κ1) is 20.7. The molecule has 1 aliphatic rings. The largest absolute Gasteiger partial charge is 0.368 e. The third kappa shape index (κ3) is 5.09. The molecule has 0 N–H and O–H groups in total. The van der Waals surface area contributed by atoms with Gasteiger partial charge < -0.3 is 9.74 Å². The highest BCUT2D eigenvalue weighted by Gasteiger charge is 2.28. The Morgan fingerprint density at radius 2 is 1.64 bits per heavy atom. The minimum absolute atomic E-state index is 0.174. The van der Waals surface area contributed by atoms with Crippen LogP contribution in [0.5, 0.6) is 0 Å². The SMILES string of the molecule is Cc1ccc(Sc2ccccc2N2CCN(OC(=O)C(C)(C)C)CC2)c(C)c1. The van der Waals surface area contributed by atoms with Gasteiger partial charge in [-0.05, 0) is 58.4 Å². The number of aryl methyl sites for hydroxylation is 2. The summed E-state index contributed by atoms with van der Waals surface area (Å²) in [6, 6.07) is 15.2. The quantitative estimate of drug-likeness (QED) is 0.717. The van der Waals surface area contributed by atoms with Crippen molar-refractivity contribution in [1.29, 1.82) is 0 Å². The zero-order chi connectivity index (χ0) is 20.3. The highest BCUT2D eigenvalue weighted by atomic mass is 32.2. The van der Waals surface area contributed by atoms with Gasteiger partial charge in [-0.2, -0.15) is 0 Å². The molecule has 2 aromatic carbocycles. The van der Waals surface area contributed by atoms with E-state index in [9.17, 15) is 4.79 Å². The molecule has 4 nitrogen and oxygen atoms in total. The van der Waals surface area contributed by atoms with Gasteiger partial charge in [0.05, 0.1) is 24.2 Å². The lowest BCUT2D eigenvalue weighted by molar-refractivity contribution is -0.201. The minimum Gasteiger partial charge on any atom is -0.368 e. The number of hydrogen-bond donors (Lipinski definition) is 0. The summed E-state index contributed by atoms with van der Waals surface area (Å²) in [4.78, 5) is 22.6. The van der Waals surface area contributed by atoms with E-state index in [1.807, 2.05) is 32.5 Å². The fourth-order valence-corrected chi connectivity index (χ4v) is 4.15. The van der Waals surface area contributed by atoms with Gasteiger partial charge in [0.15, 0.2) is 0 Å². The predicted molar refractivity (Wildman–Crippen MR) is 116 cm³/mol. The second kappa shape index (κ2) is 8.58. The molecule has 0 bridgehead atoms. The monoisotopic (exact) mass is 398 g/mol. The normalized spacial score (nSPS) is 15.5. The van der Waals surface area contributed by atoms with Crippen LogP contribution in [-0.4, -0.2) is 37.2 Å². The number of nitrogens with zero attached hydrogens (tertiary/aromatic N) is 2. The van der Waals surface area contributed by atoms with Crippen molar-refractivity contribution in [3.63, 3.8) is 0 Å². The molecule has 0 saturated carbocycles. The molecule has 3 rings (SSSR count). The first-order valence-electron chi connectivity index (χ1n) is 9.80. The summed E-state index contributed by atoms with van der Waals surface area (Å²) < 4.78 is 0. The molecule has 0 amide bonds. The third-order valence-electron chi connectivity index (χ3n) is 4.82.